The highest BCUT2D eigenvalue weighted by Gasteiger charge is 2.39. The van der Waals surface area contributed by atoms with Crippen LogP contribution in [0, 0.1) is 0 Å². The number of amides is 2. The minimum Gasteiger partial charge on any atom is -0.366 e. The zero-order chi connectivity index (χ0) is 22.1. The van der Waals surface area contributed by atoms with E-state index in [1.165, 1.54) is 12.1 Å². The second kappa shape index (κ2) is 8.30. The second-order valence-electron chi connectivity index (χ2n) is 7.10. The van der Waals surface area contributed by atoms with Gasteiger partial charge in [0.1, 0.15) is 0 Å². The first-order chi connectivity index (χ1) is 14.1. The number of carbonyl (C=O) groups is 2. The third kappa shape index (κ3) is 4.70. The van der Waals surface area contributed by atoms with E-state index in [0.717, 1.165) is 11.7 Å². The van der Waals surface area contributed by atoms with Gasteiger partial charge in [0, 0.05) is 31.4 Å². The van der Waals surface area contributed by atoms with Crippen molar-refractivity contribution in [3.8, 4) is 0 Å². The summed E-state index contributed by atoms with van der Waals surface area (Å²) >= 11 is 0. The number of alkyl halides is 3. The number of piperidine rings is 1. The molecular formula is C18H21F3N6O3. The fraction of sp³-hybridized carbons (Fsp3) is 0.444. The van der Waals surface area contributed by atoms with E-state index in [4.69, 9.17) is 5.73 Å². The molecule has 3 N–H and O–H groups in total. The summed E-state index contributed by atoms with van der Waals surface area (Å²) in [4.78, 5) is 37.3. The molecule has 1 saturated heterocycles. The van der Waals surface area contributed by atoms with Crippen molar-refractivity contribution in [2.45, 2.75) is 25.1 Å². The van der Waals surface area contributed by atoms with Crippen molar-refractivity contribution in [1.29, 1.82) is 0 Å². The lowest BCUT2D eigenvalue weighted by Gasteiger charge is -2.30. The summed E-state index contributed by atoms with van der Waals surface area (Å²) in [6.07, 6.45) is -3.91. The van der Waals surface area contributed by atoms with Crippen molar-refractivity contribution in [2.75, 3.05) is 25.0 Å². The number of likely N-dealkylation sites (tertiary alicyclic amines) is 1. The quantitative estimate of drug-likeness (QED) is 0.740. The van der Waals surface area contributed by atoms with Crippen molar-refractivity contribution >= 4 is 17.5 Å². The summed E-state index contributed by atoms with van der Waals surface area (Å²) in [6, 6.07) is 5.68. The van der Waals surface area contributed by atoms with Crippen molar-refractivity contribution < 1.29 is 22.8 Å². The van der Waals surface area contributed by atoms with Gasteiger partial charge >= 0.3 is 11.9 Å². The Bertz CT molecular complexity index is 988. The normalized spacial score (nSPS) is 15.9. The molecule has 12 heteroatoms. The Morgan fingerprint density at radius 3 is 2.30 bits per heavy atom. The van der Waals surface area contributed by atoms with Gasteiger partial charge in [-0.15, -0.1) is 5.10 Å². The van der Waals surface area contributed by atoms with Crippen LogP contribution in [0.1, 0.15) is 35.1 Å². The van der Waals surface area contributed by atoms with E-state index in [9.17, 15) is 27.6 Å². The van der Waals surface area contributed by atoms with Crippen LogP contribution in [0.4, 0.5) is 18.9 Å². The number of halogens is 3. The predicted molar refractivity (Wildman–Crippen MR) is 101 cm³/mol. The molecule has 0 spiro atoms. The standard InChI is InChI=1S/C18H21F3N6O3/c1-25-16(18(19,20)21)24-27(17(25)30)13-6-8-26(9-7-13)10-14(28)23-12-4-2-11(3-5-12)15(22)29/h2-5,13H,6-10H2,1H3,(H2,22,29)(H,23,28). The number of primary amides is 1. The van der Waals surface area contributed by atoms with Crippen LogP contribution in [0.2, 0.25) is 0 Å². The SMILES string of the molecule is Cn1c(C(F)(F)F)nn(C2CCN(CC(=O)Nc3ccc(C(N)=O)cc3)CC2)c1=O. The van der Waals surface area contributed by atoms with Crippen molar-refractivity contribution in [3.63, 3.8) is 0 Å². The predicted octanol–water partition coefficient (Wildman–Crippen LogP) is 0.975. The minimum absolute atomic E-state index is 0.0925. The van der Waals surface area contributed by atoms with E-state index < -0.39 is 29.6 Å². The molecule has 0 atom stereocenters. The zero-order valence-electron chi connectivity index (χ0n) is 16.1. The molecule has 30 heavy (non-hydrogen) atoms. The summed E-state index contributed by atoms with van der Waals surface area (Å²) < 4.78 is 40.2. The first-order valence-corrected chi connectivity index (χ1v) is 9.21. The van der Waals surface area contributed by atoms with Gasteiger partial charge < -0.3 is 11.1 Å². The van der Waals surface area contributed by atoms with Gasteiger partial charge in [-0.2, -0.15) is 13.2 Å². The molecule has 0 radical (unpaired) electrons. The molecule has 2 aromatic rings. The van der Waals surface area contributed by atoms with E-state index in [-0.39, 0.29) is 12.5 Å². The first-order valence-electron chi connectivity index (χ1n) is 9.21. The molecule has 1 aliphatic heterocycles. The van der Waals surface area contributed by atoms with E-state index in [0.29, 0.717) is 41.7 Å². The molecular weight excluding hydrogens is 405 g/mol. The van der Waals surface area contributed by atoms with Crippen molar-refractivity contribution in [1.82, 2.24) is 19.2 Å². The number of aromatic nitrogens is 3. The maximum absolute atomic E-state index is 12.9. The topological polar surface area (TPSA) is 115 Å². The third-order valence-corrected chi connectivity index (χ3v) is 4.98. The molecule has 1 aromatic carbocycles. The zero-order valence-corrected chi connectivity index (χ0v) is 16.1. The van der Waals surface area contributed by atoms with Gasteiger partial charge in [0.15, 0.2) is 0 Å². The van der Waals surface area contributed by atoms with Gasteiger partial charge in [-0.3, -0.25) is 19.1 Å². The fourth-order valence-electron chi connectivity index (χ4n) is 3.38. The number of rotatable bonds is 5. The van der Waals surface area contributed by atoms with Crippen LogP contribution in [0.3, 0.4) is 0 Å². The lowest BCUT2D eigenvalue weighted by molar-refractivity contribution is -0.147. The van der Waals surface area contributed by atoms with Crippen molar-refractivity contribution in [3.05, 3.63) is 46.1 Å². The number of anilines is 1. The summed E-state index contributed by atoms with van der Waals surface area (Å²) in [5.41, 5.74) is 5.20. The van der Waals surface area contributed by atoms with Gasteiger partial charge in [0.05, 0.1) is 12.6 Å². The largest absolute Gasteiger partial charge is 0.451 e. The number of carbonyl (C=O) groups excluding carboxylic acids is 2. The third-order valence-electron chi connectivity index (χ3n) is 4.98. The Morgan fingerprint density at radius 1 is 1.20 bits per heavy atom. The fourth-order valence-corrected chi connectivity index (χ4v) is 3.38. The van der Waals surface area contributed by atoms with Crippen molar-refractivity contribution in [2.24, 2.45) is 12.8 Å². The maximum atomic E-state index is 12.9. The Labute approximate surface area is 169 Å². The average molecular weight is 426 g/mol. The lowest BCUT2D eigenvalue weighted by atomic mass is 10.1. The number of nitrogens with two attached hydrogens (primary N) is 1. The highest BCUT2D eigenvalue weighted by Crippen LogP contribution is 2.28. The summed E-state index contributed by atoms with van der Waals surface area (Å²) in [5.74, 6) is -2.06. The van der Waals surface area contributed by atoms with Gasteiger partial charge in [-0.05, 0) is 37.1 Å². The van der Waals surface area contributed by atoms with E-state index >= 15 is 0 Å². The molecule has 1 fully saturated rings. The molecule has 1 aromatic heterocycles. The van der Waals surface area contributed by atoms with Crippen LogP contribution in [-0.4, -0.2) is 50.7 Å². The Kier molecular flexibility index (Phi) is 5.97. The summed E-state index contributed by atoms with van der Waals surface area (Å²) in [5, 5.41) is 6.18. The molecule has 0 bridgehead atoms. The average Bonchev–Trinajstić information content (AvgIpc) is 2.98. The van der Waals surface area contributed by atoms with E-state index in [1.807, 2.05) is 4.90 Å². The molecule has 0 unspecified atom stereocenters. The van der Waals surface area contributed by atoms with Crippen LogP contribution in [-0.2, 0) is 18.0 Å². The Morgan fingerprint density at radius 2 is 1.80 bits per heavy atom. The summed E-state index contributed by atoms with van der Waals surface area (Å²) in [7, 11) is 1.05. The van der Waals surface area contributed by atoms with Gasteiger partial charge in [0.2, 0.25) is 17.6 Å². The lowest BCUT2D eigenvalue weighted by Crippen LogP contribution is -2.41. The Balaban J connectivity index is 1.55. The molecule has 0 aliphatic carbocycles. The van der Waals surface area contributed by atoms with E-state index in [1.54, 1.807) is 12.1 Å². The summed E-state index contributed by atoms with van der Waals surface area (Å²) in [6.45, 7) is 0.960. The number of hydrogen-bond acceptors (Lipinski definition) is 5. The molecule has 9 nitrogen and oxygen atoms in total. The Hall–Kier alpha value is -3.15. The van der Waals surface area contributed by atoms with Crippen LogP contribution < -0.4 is 16.7 Å². The van der Waals surface area contributed by atoms with Crippen LogP contribution in [0.15, 0.2) is 29.1 Å². The molecule has 3 rings (SSSR count). The molecule has 1 aliphatic rings. The highest BCUT2D eigenvalue weighted by atomic mass is 19.4. The molecule has 2 amide bonds. The maximum Gasteiger partial charge on any atom is 0.451 e. The number of benzene rings is 1. The highest BCUT2D eigenvalue weighted by molar-refractivity contribution is 5.95. The minimum atomic E-state index is -4.70. The molecule has 2 heterocycles. The van der Waals surface area contributed by atoms with Gasteiger partial charge in [-0.25, -0.2) is 9.48 Å². The monoisotopic (exact) mass is 426 g/mol. The van der Waals surface area contributed by atoms with Gasteiger partial charge in [0.25, 0.3) is 0 Å². The van der Waals surface area contributed by atoms with Crippen LogP contribution in [0.25, 0.3) is 0 Å². The number of hydrogen-bond donors (Lipinski definition) is 2. The first kappa shape index (κ1) is 21.6. The van der Waals surface area contributed by atoms with Crippen LogP contribution in [0.5, 0.6) is 0 Å². The molecule has 0 saturated carbocycles. The number of nitrogens with zero attached hydrogens (tertiary/aromatic N) is 4. The number of nitrogens with one attached hydrogen (secondary N) is 1. The second-order valence-corrected chi connectivity index (χ2v) is 7.10. The smallest absolute Gasteiger partial charge is 0.366 e. The van der Waals surface area contributed by atoms with Gasteiger partial charge in [-0.1, -0.05) is 0 Å². The van der Waals surface area contributed by atoms with Crippen LogP contribution >= 0.6 is 0 Å². The molecule has 162 valence electrons. The van der Waals surface area contributed by atoms with E-state index in [2.05, 4.69) is 10.4 Å².